The van der Waals surface area contributed by atoms with Gasteiger partial charge in [0.2, 0.25) is 0 Å². The van der Waals surface area contributed by atoms with Crippen molar-refractivity contribution in [2.24, 2.45) is 0 Å². The molecule has 1 rings (SSSR count). The van der Waals surface area contributed by atoms with Gasteiger partial charge in [0, 0.05) is 24.2 Å². The molecule has 14 heavy (non-hydrogen) atoms. The molecular weight excluding hydrogens is 174 g/mol. The number of anilines is 1. The van der Waals surface area contributed by atoms with Crippen LogP contribution < -0.4 is 5.32 Å². The largest absolute Gasteiger partial charge is 0.370 e. The average Bonchev–Trinajstić information content (AvgIpc) is 2.18. The summed E-state index contributed by atoms with van der Waals surface area (Å²) in [4.78, 5) is 8.94. The maximum Gasteiger partial charge on any atom is 0.133 e. The maximum atomic E-state index is 4.49. The predicted molar refractivity (Wildman–Crippen MR) is 59.7 cm³/mol. The molecule has 0 unspecified atom stereocenters. The minimum Gasteiger partial charge on any atom is -0.370 e. The fraction of sp³-hybridized carbons (Fsp3) is 0.636. The zero-order valence-corrected chi connectivity index (χ0v) is 9.52. The van der Waals surface area contributed by atoms with Crippen molar-refractivity contribution < 1.29 is 0 Å². The van der Waals surface area contributed by atoms with Crippen LogP contribution in [0.3, 0.4) is 0 Å². The Balaban J connectivity index is 3.13. The van der Waals surface area contributed by atoms with Crippen LogP contribution in [0, 0.1) is 6.92 Å². The summed E-state index contributed by atoms with van der Waals surface area (Å²) in [5.74, 6) is 1.94. The molecule has 0 aliphatic rings. The number of rotatable bonds is 4. The predicted octanol–water partition coefficient (Wildman–Crippen LogP) is 2.34. The van der Waals surface area contributed by atoms with Gasteiger partial charge < -0.3 is 5.32 Å². The van der Waals surface area contributed by atoms with Crippen LogP contribution in [0.2, 0.25) is 0 Å². The van der Waals surface area contributed by atoms with Gasteiger partial charge in [-0.05, 0) is 20.3 Å². The van der Waals surface area contributed by atoms with Gasteiger partial charge in [0.15, 0.2) is 0 Å². The fourth-order valence-corrected chi connectivity index (χ4v) is 1.55. The minimum atomic E-state index is 0.892. The first-order chi connectivity index (χ1) is 6.72. The molecule has 0 fully saturated rings. The standard InChI is InChI=1S/C11H19N3/c1-5-9-8(4)13-10(6-2)14-11(9)12-7-3/h5-7H2,1-4H3,(H,12,13,14). The highest BCUT2D eigenvalue weighted by atomic mass is 15.0. The highest BCUT2D eigenvalue weighted by Gasteiger charge is 2.07. The van der Waals surface area contributed by atoms with Crippen LogP contribution in [0.25, 0.3) is 0 Å². The van der Waals surface area contributed by atoms with Gasteiger partial charge in [-0.3, -0.25) is 0 Å². The number of aryl methyl sites for hydroxylation is 2. The van der Waals surface area contributed by atoms with Gasteiger partial charge in [0.05, 0.1) is 0 Å². The highest BCUT2D eigenvalue weighted by molar-refractivity contribution is 5.46. The molecule has 3 nitrogen and oxygen atoms in total. The van der Waals surface area contributed by atoms with Crippen molar-refractivity contribution in [2.45, 2.75) is 40.5 Å². The summed E-state index contributed by atoms with van der Waals surface area (Å²) < 4.78 is 0. The topological polar surface area (TPSA) is 37.8 Å². The second kappa shape index (κ2) is 4.94. The first-order valence-electron chi connectivity index (χ1n) is 5.33. The van der Waals surface area contributed by atoms with E-state index in [4.69, 9.17) is 0 Å². The summed E-state index contributed by atoms with van der Waals surface area (Å²) in [6.07, 6.45) is 1.88. The molecule has 0 aromatic carbocycles. The van der Waals surface area contributed by atoms with E-state index in [1.165, 1.54) is 5.56 Å². The van der Waals surface area contributed by atoms with E-state index < -0.39 is 0 Å². The van der Waals surface area contributed by atoms with E-state index in [0.717, 1.165) is 36.7 Å². The molecule has 1 aromatic heterocycles. The third-order valence-electron chi connectivity index (χ3n) is 2.27. The molecule has 0 amide bonds. The van der Waals surface area contributed by atoms with E-state index in [0.29, 0.717) is 0 Å². The Morgan fingerprint density at radius 1 is 1.07 bits per heavy atom. The van der Waals surface area contributed by atoms with Crippen LogP contribution in [-0.2, 0) is 12.8 Å². The van der Waals surface area contributed by atoms with E-state index in [1.807, 2.05) is 0 Å². The van der Waals surface area contributed by atoms with E-state index in [-0.39, 0.29) is 0 Å². The van der Waals surface area contributed by atoms with Gasteiger partial charge in [0.25, 0.3) is 0 Å². The SMILES string of the molecule is CCNc1nc(CC)nc(C)c1CC. The van der Waals surface area contributed by atoms with Gasteiger partial charge in [-0.1, -0.05) is 13.8 Å². The van der Waals surface area contributed by atoms with Gasteiger partial charge in [-0.2, -0.15) is 0 Å². The van der Waals surface area contributed by atoms with E-state index in [2.05, 4.69) is 43.0 Å². The van der Waals surface area contributed by atoms with Crippen LogP contribution in [-0.4, -0.2) is 16.5 Å². The third-order valence-corrected chi connectivity index (χ3v) is 2.27. The highest BCUT2D eigenvalue weighted by Crippen LogP contribution is 2.16. The van der Waals surface area contributed by atoms with Crippen molar-refractivity contribution in [3.8, 4) is 0 Å². The zero-order chi connectivity index (χ0) is 10.6. The summed E-state index contributed by atoms with van der Waals surface area (Å²) >= 11 is 0. The molecule has 0 saturated carbocycles. The average molecular weight is 193 g/mol. The van der Waals surface area contributed by atoms with Crippen LogP contribution in [0.15, 0.2) is 0 Å². The molecule has 0 bridgehead atoms. The van der Waals surface area contributed by atoms with Gasteiger partial charge in [0.1, 0.15) is 11.6 Å². The summed E-state index contributed by atoms with van der Waals surface area (Å²) in [5.41, 5.74) is 2.35. The third kappa shape index (κ3) is 2.22. The molecule has 0 aliphatic heterocycles. The maximum absolute atomic E-state index is 4.49. The monoisotopic (exact) mass is 193 g/mol. The number of aromatic nitrogens is 2. The summed E-state index contributed by atoms with van der Waals surface area (Å²) in [7, 11) is 0. The minimum absolute atomic E-state index is 0.892. The molecule has 0 radical (unpaired) electrons. The van der Waals surface area contributed by atoms with Gasteiger partial charge >= 0.3 is 0 Å². The second-order valence-corrected chi connectivity index (χ2v) is 3.29. The Morgan fingerprint density at radius 2 is 1.79 bits per heavy atom. The lowest BCUT2D eigenvalue weighted by molar-refractivity contribution is 0.885. The van der Waals surface area contributed by atoms with Gasteiger partial charge in [-0.25, -0.2) is 9.97 Å². The van der Waals surface area contributed by atoms with E-state index in [9.17, 15) is 0 Å². The summed E-state index contributed by atoms with van der Waals surface area (Å²) in [6.45, 7) is 9.27. The molecule has 0 saturated heterocycles. The van der Waals surface area contributed by atoms with Crippen LogP contribution in [0.5, 0.6) is 0 Å². The molecule has 1 aromatic rings. The Bertz CT molecular complexity index is 308. The van der Waals surface area contributed by atoms with Crippen molar-refractivity contribution in [2.75, 3.05) is 11.9 Å². The Kier molecular flexibility index (Phi) is 3.86. The number of hydrogen-bond donors (Lipinski definition) is 1. The first kappa shape index (κ1) is 11.0. The lowest BCUT2D eigenvalue weighted by Gasteiger charge is -2.11. The molecule has 78 valence electrons. The quantitative estimate of drug-likeness (QED) is 0.797. The summed E-state index contributed by atoms with van der Waals surface area (Å²) in [5, 5.41) is 3.29. The lowest BCUT2D eigenvalue weighted by atomic mass is 10.1. The molecular formula is C11H19N3. The Morgan fingerprint density at radius 3 is 2.29 bits per heavy atom. The second-order valence-electron chi connectivity index (χ2n) is 3.29. The van der Waals surface area contributed by atoms with E-state index in [1.54, 1.807) is 0 Å². The zero-order valence-electron chi connectivity index (χ0n) is 9.52. The van der Waals surface area contributed by atoms with Crippen LogP contribution in [0.1, 0.15) is 37.9 Å². The lowest BCUT2D eigenvalue weighted by Crippen LogP contribution is -2.09. The normalized spacial score (nSPS) is 10.3. The van der Waals surface area contributed by atoms with Crippen molar-refractivity contribution in [1.82, 2.24) is 9.97 Å². The molecule has 0 atom stereocenters. The van der Waals surface area contributed by atoms with Crippen LogP contribution in [0.4, 0.5) is 5.82 Å². The van der Waals surface area contributed by atoms with Crippen LogP contribution >= 0.6 is 0 Å². The molecule has 3 heteroatoms. The van der Waals surface area contributed by atoms with Crippen molar-refractivity contribution >= 4 is 5.82 Å². The molecule has 0 spiro atoms. The molecule has 0 aliphatic carbocycles. The number of nitrogens with zero attached hydrogens (tertiary/aromatic N) is 2. The number of nitrogens with one attached hydrogen (secondary N) is 1. The van der Waals surface area contributed by atoms with Crippen molar-refractivity contribution in [3.63, 3.8) is 0 Å². The molecule has 1 N–H and O–H groups in total. The molecule has 1 heterocycles. The number of hydrogen-bond acceptors (Lipinski definition) is 3. The van der Waals surface area contributed by atoms with Crippen molar-refractivity contribution in [3.05, 3.63) is 17.1 Å². The first-order valence-corrected chi connectivity index (χ1v) is 5.33. The smallest absolute Gasteiger partial charge is 0.133 e. The summed E-state index contributed by atoms with van der Waals surface area (Å²) in [6, 6.07) is 0. The van der Waals surface area contributed by atoms with Crippen molar-refractivity contribution in [1.29, 1.82) is 0 Å². The Hall–Kier alpha value is -1.12. The van der Waals surface area contributed by atoms with E-state index >= 15 is 0 Å². The Labute approximate surface area is 86.0 Å². The van der Waals surface area contributed by atoms with Gasteiger partial charge in [-0.15, -0.1) is 0 Å². The fourth-order valence-electron chi connectivity index (χ4n) is 1.55.